The standard InChI is InChI=1S/C17H24FN3O3/c1-10(19-16(23)24-17(2,3)4)15(22)21-13-7-5-6-12(18)14(13)20-11-8-9-11/h5-7,10-11,20H,8-9H2,1-4H3,(H,19,23)(H,21,22). The summed E-state index contributed by atoms with van der Waals surface area (Å²) in [5.74, 6) is -0.877. The van der Waals surface area contributed by atoms with Gasteiger partial charge < -0.3 is 20.7 Å². The van der Waals surface area contributed by atoms with Gasteiger partial charge in [0.05, 0.1) is 11.4 Å². The largest absolute Gasteiger partial charge is 0.444 e. The molecule has 1 atom stereocenters. The Morgan fingerprint density at radius 1 is 1.29 bits per heavy atom. The van der Waals surface area contributed by atoms with Gasteiger partial charge in [0.1, 0.15) is 17.5 Å². The third-order valence-corrected chi connectivity index (χ3v) is 3.32. The van der Waals surface area contributed by atoms with E-state index in [1.807, 2.05) is 0 Å². The highest BCUT2D eigenvalue weighted by atomic mass is 19.1. The highest BCUT2D eigenvalue weighted by Gasteiger charge is 2.25. The average molecular weight is 337 g/mol. The molecule has 1 aromatic carbocycles. The molecule has 24 heavy (non-hydrogen) atoms. The van der Waals surface area contributed by atoms with Crippen LogP contribution in [-0.4, -0.2) is 29.7 Å². The van der Waals surface area contributed by atoms with Gasteiger partial charge in [0.2, 0.25) is 5.91 Å². The van der Waals surface area contributed by atoms with E-state index < -0.39 is 29.5 Å². The fourth-order valence-electron chi connectivity index (χ4n) is 2.00. The van der Waals surface area contributed by atoms with Crippen LogP contribution in [0.4, 0.5) is 20.6 Å². The molecule has 0 heterocycles. The molecule has 1 fully saturated rings. The molecule has 2 amide bonds. The Morgan fingerprint density at radius 2 is 1.96 bits per heavy atom. The van der Waals surface area contributed by atoms with Gasteiger partial charge in [0.25, 0.3) is 0 Å². The van der Waals surface area contributed by atoms with Gasteiger partial charge >= 0.3 is 6.09 Å². The zero-order valence-electron chi connectivity index (χ0n) is 14.4. The van der Waals surface area contributed by atoms with Gasteiger partial charge in [-0.05, 0) is 52.7 Å². The Labute approximate surface area is 141 Å². The zero-order chi connectivity index (χ0) is 17.9. The zero-order valence-corrected chi connectivity index (χ0v) is 14.4. The third kappa shape index (κ3) is 5.40. The van der Waals surface area contributed by atoms with E-state index >= 15 is 0 Å². The molecule has 7 heteroatoms. The number of nitrogens with one attached hydrogen (secondary N) is 3. The van der Waals surface area contributed by atoms with Crippen LogP contribution in [-0.2, 0) is 9.53 Å². The molecule has 1 saturated carbocycles. The van der Waals surface area contributed by atoms with Gasteiger partial charge in [-0.25, -0.2) is 9.18 Å². The number of hydrogen-bond acceptors (Lipinski definition) is 4. The van der Waals surface area contributed by atoms with Crippen LogP contribution in [0.2, 0.25) is 0 Å². The van der Waals surface area contributed by atoms with Crippen LogP contribution in [0.3, 0.4) is 0 Å². The van der Waals surface area contributed by atoms with Crippen LogP contribution in [0.1, 0.15) is 40.5 Å². The Morgan fingerprint density at radius 3 is 2.54 bits per heavy atom. The van der Waals surface area contributed by atoms with E-state index in [0.29, 0.717) is 5.69 Å². The first kappa shape index (κ1) is 18.0. The first-order valence-corrected chi connectivity index (χ1v) is 8.01. The molecule has 0 aromatic heterocycles. The van der Waals surface area contributed by atoms with Crippen molar-refractivity contribution < 1.29 is 18.7 Å². The summed E-state index contributed by atoms with van der Waals surface area (Å²) in [6.45, 7) is 6.74. The summed E-state index contributed by atoms with van der Waals surface area (Å²) in [5, 5.41) is 8.16. The van der Waals surface area contributed by atoms with Crippen LogP contribution in [0.25, 0.3) is 0 Å². The summed E-state index contributed by atoms with van der Waals surface area (Å²) in [4.78, 5) is 24.0. The number of benzene rings is 1. The number of halogens is 1. The minimum Gasteiger partial charge on any atom is -0.444 e. The maximum atomic E-state index is 14.0. The number of carbonyl (C=O) groups is 2. The van der Waals surface area contributed by atoms with E-state index in [0.717, 1.165) is 12.8 Å². The van der Waals surface area contributed by atoms with Crippen molar-refractivity contribution in [2.45, 2.75) is 58.2 Å². The molecule has 1 aliphatic carbocycles. The van der Waals surface area contributed by atoms with Gasteiger partial charge in [-0.15, -0.1) is 0 Å². The average Bonchev–Trinajstić information content (AvgIpc) is 3.24. The molecule has 0 aliphatic heterocycles. The van der Waals surface area contributed by atoms with Crippen molar-refractivity contribution in [3.63, 3.8) is 0 Å². The quantitative estimate of drug-likeness (QED) is 0.770. The second-order valence-corrected chi connectivity index (χ2v) is 6.94. The number of anilines is 2. The lowest BCUT2D eigenvalue weighted by atomic mass is 10.2. The van der Waals surface area contributed by atoms with Crippen LogP contribution in [0.5, 0.6) is 0 Å². The van der Waals surface area contributed by atoms with E-state index in [1.165, 1.54) is 19.1 Å². The summed E-state index contributed by atoms with van der Waals surface area (Å²) in [6.07, 6.45) is 1.29. The molecule has 0 bridgehead atoms. The van der Waals surface area contributed by atoms with Crippen LogP contribution in [0.15, 0.2) is 18.2 Å². The van der Waals surface area contributed by atoms with Crippen molar-refractivity contribution in [2.75, 3.05) is 10.6 Å². The molecule has 1 unspecified atom stereocenters. The summed E-state index contributed by atoms with van der Waals surface area (Å²) >= 11 is 0. The number of amides is 2. The van der Waals surface area contributed by atoms with Crippen LogP contribution < -0.4 is 16.0 Å². The second kappa shape index (κ2) is 7.07. The number of alkyl carbamates (subject to hydrolysis) is 1. The molecule has 0 saturated heterocycles. The second-order valence-electron chi connectivity index (χ2n) is 6.94. The summed E-state index contributed by atoms with van der Waals surface area (Å²) in [6, 6.07) is 3.90. The molecule has 0 radical (unpaired) electrons. The van der Waals surface area contributed by atoms with E-state index in [2.05, 4.69) is 16.0 Å². The smallest absolute Gasteiger partial charge is 0.408 e. The van der Waals surface area contributed by atoms with Crippen molar-refractivity contribution in [2.24, 2.45) is 0 Å². The molecular weight excluding hydrogens is 313 g/mol. The predicted octanol–water partition coefficient (Wildman–Crippen LogP) is 3.25. The van der Waals surface area contributed by atoms with Gasteiger partial charge in [0.15, 0.2) is 0 Å². The van der Waals surface area contributed by atoms with Gasteiger partial charge in [0, 0.05) is 6.04 Å². The lowest BCUT2D eigenvalue weighted by molar-refractivity contribution is -0.117. The molecule has 1 aromatic rings. The molecule has 1 aliphatic rings. The Balaban J connectivity index is 1.98. The highest BCUT2D eigenvalue weighted by Crippen LogP contribution is 2.31. The lowest BCUT2D eigenvalue weighted by Crippen LogP contribution is -2.44. The normalized spacial score (nSPS) is 15.4. The van der Waals surface area contributed by atoms with Crippen molar-refractivity contribution in [1.82, 2.24) is 5.32 Å². The topological polar surface area (TPSA) is 79.5 Å². The number of carbonyl (C=O) groups excluding carboxylic acids is 2. The van der Waals surface area contributed by atoms with Crippen molar-refractivity contribution in [1.29, 1.82) is 0 Å². The Bertz CT molecular complexity index is 624. The van der Waals surface area contributed by atoms with Gasteiger partial charge in [-0.3, -0.25) is 4.79 Å². The van der Waals surface area contributed by atoms with Gasteiger partial charge in [-0.2, -0.15) is 0 Å². The Hall–Kier alpha value is -2.31. The number of para-hydroxylation sites is 1. The van der Waals surface area contributed by atoms with Crippen LogP contribution in [0, 0.1) is 5.82 Å². The highest BCUT2D eigenvalue weighted by molar-refractivity contribution is 5.98. The van der Waals surface area contributed by atoms with Crippen LogP contribution >= 0.6 is 0 Å². The summed E-state index contributed by atoms with van der Waals surface area (Å²) in [7, 11) is 0. The molecular formula is C17H24FN3O3. The first-order valence-electron chi connectivity index (χ1n) is 8.01. The van der Waals surface area contributed by atoms with E-state index in [4.69, 9.17) is 4.74 Å². The van der Waals surface area contributed by atoms with Crippen molar-refractivity contribution >= 4 is 23.4 Å². The number of rotatable bonds is 5. The fraction of sp³-hybridized carbons (Fsp3) is 0.529. The molecule has 6 nitrogen and oxygen atoms in total. The molecule has 0 spiro atoms. The van der Waals surface area contributed by atoms with Crippen molar-refractivity contribution in [3.8, 4) is 0 Å². The Kier molecular flexibility index (Phi) is 5.31. The fourth-order valence-corrected chi connectivity index (χ4v) is 2.00. The SMILES string of the molecule is CC(NC(=O)OC(C)(C)C)C(=O)Nc1cccc(F)c1NC1CC1. The first-order chi connectivity index (χ1) is 11.2. The maximum absolute atomic E-state index is 14.0. The minimum atomic E-state index is -0.822. The number of hydrogen-bond donors (Lipinski definition) is 3. The van der Waals surface area contributed by atoms with E-state index in [-0.39, 0.29) is 11.7 Å². The molecule has 132 valence electrons. The molecule has 2 rings (SSSR count). The minimum absolute atomic E-state index is 0.245. The van der Waals surface area contributed by atoms with E-state index in [9.17, 15) is 14.0 Å². The summed E-state index contributed by atoms with van der Waals surface area (Å²) in [5.41, 5.74) is -0.0213. The van der Waals surface area contributed by atoms with Crippen molar-refractivity contribution in [3.05, 3.63) is 24.0 Å². The summed E-state index contributed by atoms with van der Waals surface area (Å²) < 4.78 is 19.1. The monoisotopic (exact) mass is 337 g/mol. The maximum Gasteiger partial charge on any atom is 0.408 e. The third-order valence-electron chi connectivity index (χ3n) is 3.32. The van der Waals surface area contributed by atoms with Gasteiger partial charge in [-0.1, -0.05) is 6.07 Å². The predicted molar refractivity (Wildman–Crippen MR) is 90.5 cm³/mol. The van der Waals surface area contributed by atoms with E-state index in [1.54, 1.807) is 26.8 Å². The number of ether oxygens (including phenoxy) is 1. The lowest BCUT2D eigenvalue weighted by Gasteiger charge is -2.22. The molecule has 3 N–H and O–H groups in total.